The maximum atomic E-state index is 13.5. The smallest absolute Gasteiger partial charge is 0.240 e. The van der Waals surface area contributed by atoms with Crippen molar-refractivity contribution < 1.29 is 18.7 Å². The molecule has 0 bridgehead atoms. The fraction of sp³-hybridized carbons (Fsp3) is 0.160. The van der Waals surface area contributed by atoms with E-state index >= 15 is 0 Å². The average molecular weight is 433 g/mol. The maximum Gasteiger partial charge on any atom is 0.240 e. The number of halogens is 1. The van der Waals surface area contributed by atoms with Crippen LogP contribution in [0.25, 0.3) is 0 Å². The summed E-state index contributed by atoms with van der Waals surface area (Å²) in [5.41, 5.74) is 5.53. The highest BCUT2D eigenvalue weighted by Crippen LogP contribution is 2.15. The van der Waals surface area contributed by atoms with Crippen LogP contribution < -0.4 is 15.5 Å². The van der Waals surface area contributed by atoms with Gasteiger partial charge in [0.05, 0.1) is 11.9 Å². The molecular formula is C25H24FN3O3. The summed E-state index contributed by atoms with van der Waals surface area (Å²) in [6.07, 6.45) is 1.35. The van der Waals surface area contributed by atoms with E-state index in [1.165, 1.54) is 30.0 Å². The normalized spacial score (nSPS) is 10.7. The number of hydrogen-bond donors (Lipinski definition) is 2. The van der Waals surface area contributed by atoms with Crippen LogP contribution in [0.1, 0.15) is 29.5 Å². The lowest BCUT2D eigenvalue weighted by atomic mass is 10.1. The van der Waals surface area contributed by atoms with Gasteiger partial charge in [-0.25, -0.2) is 9.82 Å². The van der Waals surface area contributed by atoms with Crippen molar-refractivity contribution in [1.82, 2.24) is 5.43 Å². The third-order valence-corrected chi connectivity index (χ3v) is 4.50. The summed E-state index contributed by atoms with van der Waals surface area (Å²) in [5.74, 6) is -0.659. The number of anilines is 1. The van der Waals surface area contributed by atoms with Crippen LogP contribution in [0.5, 0.6) is 5.75 Å². The van der Waals surface area contributed by atoms with Crippen molar-refractivity contribution in [2.75, 3.05) is 5.32 Å². The number of para-hydroxylation sites is 1. The number of carbonyl (C=O) groups is 2. The van der Waals surface area contributed by atoms with E-state index in [0.29, 0.717) is 6.61 Å². The van der Waals surface area contributed by atoms with Crippen LogP contribution in [0.15, 0.2) is 77.9 Å². The molecule has 2 amide bonds. The van der Waals surface area contributed by atoms with E-state index < -0.39 is 17.6 Å². The second-order valence-corrected chi connectivity index (χ2v) is 7.17. The number of nitrogens with zero attached hydrogens (tertiary/aromatic N) is 1. The van der Waals surface area contributed by atoms with Gasteiger partial charge >= 0.3 is 0 Å². The second-order valence-electron chi connectivity index (χ2n) is 7.17. The zero-order valence-electron chi connectivity index (χ0n) is 17.7. The van der Waals surface area contributed by atoms with Crippen LogP contribution in [0.4, 0.5) is 10.1 Å². The standard InChI is InChI=1S/C25H24FN3O3/c1-18-5-4-6-20(15-18)17-32-21-11-9-19(10-12-21)16-27-29-25(31)14-13-24(30)28-23-8-3-2-7-22(23)26/h2-12,15-16H,13-14,17H2,1H3,(H,28,30)(H,29,31). The summed E-state index contributed by atoms with van der Waals surface area (Å²) in [6, 6.07) is 21.3. The highest BCUT2D eigenvalue weighted by molar-refractivity contribution is 5.93. The Hall–Kier alpha value is -4.00. The number of nitrogens with one attached hydrogen (secondary N) is 2. The Kier molecular flexibility index (Phi) is 8.09. The molecule has 0 unspecified atom stereocenters. The Labute approximate surface area is 186 Å². The van der Waals surface area contributed by atoms with Crippen LogP contribution in [-0.2, 0) is 16.2 Å². The van der Waals surface area contributed by atoms with Crippen molar-refractivity contribution >= 4 is 23.7 Å². The minimum atomic E-state index is -0.526. The van der Waals surface area contributed by atoms with Crippen molar-refractivity contribution in [2.24, 2.45) is 5.10 Å². The van der Waals surface area contributed by atoms with E-state index in [4.69, 9.17) is 4.74 Å². The molecule has 32 heavy (non-hydrogen) atoms. The van der Waals surface area contributed by atoms with Gasteiger partial charge in [0.1, 0.15) is 18.2 Å². The van der Waals surface area contributed by atoms with Gasteiger partial charge in [-0.05, 0) is 54.4 Å². The number of hydrazone groups is 1. The lowest BCUT2D eigenvalue weighted by molar-refractivity contribution is -0.124. The second kappa shape index (κ2) is 11.4. The highest BCUT2D eigenvalue weighted by Gasteiger charge is 2.09. The topological polar surface area (TPSA) is 79.8 Å². The Morgan fingerprint density at radius 2 is 1.72 bits per heavy atom. The molecule has 0 heterocycles. The fourth-order valence-electron chi connectivity index (χ4n) is 2.86. The van der Waals surface area contributed by atoms with Gasteiger partial charge in [0.25, 0.3) is 0 Å². The van der Waals surface area contributed by atoms with E-state index in [0.717, 1.165) is 16.9 Å². The van der Waals surface area contributed by atoms with E-state index in [1.807, 2.05) is 49.4 Å². The van der Waals surface area contributed by atoms with Gasteiger partial charge in [0.15, 0.2) is 0 Å². The summed E-state index contributed by atoms with van der Waals surface area (Å²) in [6.45, 7) is 2.52. The van der Waals surface area contributed by atoms with E-state index in [1.54, 1.807) is 6.07 Å². The number of amides is 2. The number of ether oxygens (including phenoxy) is 1. The molecule has 7 heteroatoms. The molecule has 6 nitrogen and oxygen atoms in total. The van der Waals surface area contributed by atoms with Crippen LogP contribution in [0.3, 0.4) is 0 Å². The zero-order valence-corrected chi connectivity index (χ0v) is 17.7. The predicted molar refractivity (Wildman–Crippen MR) is 122 cm³/mol. The lowest BCUT2D eigenvalue weighted by Gasteiger charge is -2.07. The van der Waals surface area contributed by atoms with Gasteiger partial charge in [-0.1, -0.05) is 42.0 Å². The molecule has 0 aliphatic heterocycles. The molecule has 0 radical (unpaired) electrons. The molecular weight excluding hydrogens is 409 g/mol. The highest BCUT2D eigenvalue weighted by atomic mass is 19.1. The largest absolute Gasteiger partial charge is 0.489 e. The summed E-state index contributed by atoms with van der Waals surface area (Å²) in [5, 5.41) is 6.33. The molecule has 164 valence electrons. The molecule has 0 saturated heterocycles. The van der Waals surface area contributed by atoms with E-state index in [9.17, 15) is 14.0 Å². The zero-order chi connectivity index (χ0) is 22.8. The molecule has 3 aromatic rings. The molecule has 0 atom stereocenters. The third-order valence-electron chi connectivity index (χ3n) is 4.50. The molecule has 3 rings (SSSR count). The summed E-state index contributed by atoms with van der Waals surface area (Å²) >= 11 is 0. The molecule has 0 aromatic heterocycles. The number of hydrogen-bond acceptors (Lipinski definition) is 4. The lowest BCUT2D eigenvalue weighted by Crippen LogP contribution is -2.20. The molecule has 3 aromatic carbocycles. The third kappa shape index (κ3) is 7.36. The average Bonchev–Trinajstić information content (AvgIpc) is 2.79. The monoisotopic (exact) mass is 433 g/mol. The van der Waals surface area contributed by atoms with Gasteiger partial charge in [-0.2, -0.15) is 5.10 Å². The first-order valence-corrected chi connectivity index (χ1v) is 10.1. The van der Waals surface area contributed by atoms with Gasteiger partial charge in [-0.15, -0.1) is 0 Å². The summed E-state index contributed by atoms with van der Waals surface area (Å²) in [4.78, 5) is 23.7. The number of rotatable bonds is 9. The quantitative estimate of drug-likeness (QED) is 0.383. The first kappa shape index (κ1) is 22.7. The number of benzene rings is 3. The molecule has 0 saturated carbocycles. The van der Waals surface area contributed by atoms with Crippen LogP contribution >= 0.6 is 0 Å². The van der Waals surface area contributed by atoms with E-state index in [-0.39, 0.29) is 18.5 Å². The van der Waals surface area contributed by atoms with Crippen LogP contribution in [-0.4, -0.2) is 18.0 Å². The molecule has 0 aliphatic rings. The van der Waals surface area contributed by atoms with Crippen LogP contribution in [0.2, 0.25) is 0 Å². The Morgan fingerprint density at radius 3 is 2.47 bits per heavy atom. The number of carbonyl (C=O) groups excluding carboxylic acids is 2. The Bertz CT molecular complexity index is 1100. The Morgan fingerprint density at radius 1 is 0.969 bits per heavy atom. The SMILES string of the molecule is Cc1cccc(COc2ccc(C=NNC(=O)CCC(=O)Nc3ccccc3F)cc2)c1. The first-order valence-electron chi connectivity index (χ1n) is 10.1. The predicted octanol–water partition coefficient (Wildman–Crippen LogP) is 4.58. The maximum absolute atomic E-state index is 13.5. The van der Waals surface area contributed by atoms with Crippen molar-refractivity contribution in [3.8, 4) is 5.75 Å². The first-order chi connectivity index (χ1) is 15.5. The van der Waals surface area contributed by atoms with Gasteiger partial charge in [0, 0.05) is 12.8 Å². The van der Waals surface area contributed by atoms with Crippen LogP contribution in [0, 0.1) is 12.7 Å². The molecule has 0 spiro atoms. The molecule has 0 aliphatic carbocycles. The number of aryl methyl sites for hydroxylation is 1. The summed E-state index contributed by atoms with van der Waals surface area (Å²) in [7, 11) is 0. The molecule has 0 fully saturated rings. The minimum Gasteiger partial charge on any atom is -0.489 e. The summed E-state index contributed by atoms with van der Waals surface area (Å²) < 4.78 is 19.3. The Balaban J connectivity index is 1.38. The molecule has 2 N–H and O–H groups in total. The van der Waals surface area contributed by atoms with E-state index in [2.05, 4.69) is 21.9 Å². The van der Waals surface area contributed by atoms with Gasteiger partial charge < -0.3 is 10.1 Å². The van der Waals surface area contributed by atoms with Gasteiger partial charge in [0.2, 0.25) is 11.8 Å². The van der Waals surface area contributed by atoms with Crippen molar-refractivity contribution in [3.63, 3.8) is 0 Å². The fourth-order valence-corrected chi connectivity index (χ4v) is 2.86. The van der Waals surface area contributed by atoms with Crippen molar-refractivity contribution in [3.05, 3.63) is 95.3 Å². The minimum absolute atomic E-state index is 0.0661. The van der Waals surface area contributed by atoms with Crippen molar-refractivity contribution in [1.29, 1.82) is 0 Å². The van der Waals surface area contributed by atoms with Crippen molar-refractivity contribution in [2.45, 2.75) is 26.4 Å². The van der Waals surface area contributed by atoms with Gasteiger partial charge in [-0.3, -0.25) is 9.59 Å².